The van der Waals surface area contributed by atoms with Gasteiger partial charge < -0.3 is 9.47 Å². The van der Waals surface area contributed by atoms with Crippen LogP contribution in [0.5, 0.6) is 5.75 Å². The van der Waals surface area contributed by atoms with Crippen LogP contribution in [0.3, 0.4) is 0 Å². The standard InChI is InChI=1S/C13H11NO4/c1-17-12-9-5-8(7-15)3-4-11(9)14-6-10(12)13(16)18-2/h3-7H,1-2H3. The van der Waals surface area contributed by atoms with Gasteiger partial charge in [0.1, 0.15) is 17.6 Å². The number of nitrogens with zero attached hydrogens (tertiary/aromatic N) is 1. The molecule has 0 aliphatic carbocycles. The van der Waals surface area contributed by atoms with Crippen LogP contribution in [0.25, 0.3) is 10.9 Å². The number of rotatable bonds is 3. The lowest BCUT2D eigenvalue weighted by atomic mass is 10.1. The molecule has 0 unspecified atom stereocenters. The molecule has 1 aromatic carbocycles. The minimum atomic E-state index is -0.530. The molecule has 2 aromatic rings. The molecule has 0 bridgehead atoms. The lowest BCUT2D eigenvalue weighted by Crippen LogP contribution is -2.05. The summed E-state index contributed by atoms with van der Waals surface area (Å²) in [5.41, 5.74) is 1.37. The summed E-state index contributed by atoms with van der Waals surface area (Å²) in [4.78, 5) is 26.5. The van der Waals surface area contributed by atoms with E-state index in [0.29, 0.717) is 22.2 Å². The van der Waals surface area contributed by atoms with Crippen LogP contribution in [0.2, 0.25) is 0 Å². The molecule has 5 heteroatoms. The zero-order valence-electron chi connectivity index (χ0n) is 9.97. The molecule has 1 heterocycles. The van der Waals surface area contributed by atoms with Gasteiger partial charge in [-0.3, -0.25) is 9.78 Å². The third-order valence-electron chi connectivity index (χ3n) is 2.59. The van der Waals surface area contributed by atoms with E-state index in [-0.39, 0.29) is 5.56 Å². The summed E-state index contributed by atoms with van der Waals surface area (Å²) in [5.74, 6) is -0.173. The first-order valence-corrected chi connectivity index (χ1v) is 5.21. The Morgan fingerprint density at radius 2 is 2.11 bits per heavy atom. The number of pyridine rings is 1. The zero-order chi connectivity index (χ0) is 13.1. The van der Waals surface area contributed by atoms with Crippen molar-refractivity contribution in [3.8, 4) is 5.75 Å². The highest BCUT2D eigenvalue weighted by atomic mass is 16.5. The van der Waals surface area contributed by atoms with E-state index in [9.17, 15) is 9.59 Å². The highest BCUT2D eigenvalue weighted by molar-refractivity contribution is 6.00. The average Bonchev–Trinajstić information content (AvgIpc) is 2.44. The van der Waals surface area contributed by atoms with E-state index in [1.54, 1.807) is 18.2 Å². The van der Waals surface area contributed by atoms with Crippen molar-refractivity contribution < 1.29 is 19.1 Å². The number of hydrogen-bond donors (Lipinski definition) is 0. The third kappa shape index (κ3) is 1.90. The first kappa shape index (κ1) is 12.0. The summed E-state index contributed by atoms with van der Waals surface area (Å²) < 4.78 is 9.88. The largest absolute Gasteiger partial charge is 0.495 e. The van der Waals surface area contributed by atoms with Crippen LogP contribution in [0.1, 0.15) is 20.7 Å². The second-order valence-electron chi connectivity index (χ2n) is 3.59. The second kappa shape index (κ2) is 4.83. The molecule has 0 N–H and O–H groups in total. The van der Waals surface area contributed by atoms with Gasteiger partial charge in [-0.15, -0.1) is 0 Å². The average molecular weight is 245 g/mol. The Labute approximate surface area is 103 Å². The van der Waals surface area contributed by atoms with Gasteiger partial charge in [0.15, 0.2) is 0 Å². The van der Waals surface area contributed by atoms with Crippen molar-refractivity contribution in [2.75, 3.05) is 14.2 Å². The van der Waals surface area contributed by atoms with E-state index in [1.807, 2.05) is 0 Å². The molecule has 0 saturated heterocycles. The molecule has 0 radical (unpaired) electrons. The SMILES string of the molecule is COC(=O)c1cnc2ccc(C=O)cc2c1OC. The number of ether oxygens (including phenoxy) is 2. The number of methoxy groups -OCH3 is 2. The van der Waals surface area contributed by atoms with E-state index in [0.717, 1.165) is 6.29 Å². The van der Waals surface area contributed by atoms with Crippen LogP contribution in [-0.2, 0) is 4.74 Å². The second-order valence-corrected chi connectivity index (χ2v) is 3.59. The number of fused-ring (bicyclic) bond motifs is 1. The fourth-order valence-electron chi connectivity index (χ4n) is 1.73. The van der Waals surface area contributed by atoms with Crippen LogP contribution in [0, 0.1) is 0 Å². The summed E-state index contributed by atoms with van der Waals surface area (Å²) >= 11 is 0. The van der Waals surface area contributed by atoms with Crippen LogP contribution in [0.4, 0.5) is 0 Å². The van der Waals surface area contributed by atoms with Crippen molar-refractivity contribution >= 4 is 23.2 Å². The van der Waals surface area contributed by atoms with Gasteiger partial charge in [0, 0.05) is 17.1 Å². The molecule has 0 atom stereocenters. The number of benzene rings is 1. The number of hydrogen-bond acceptors (Lipinski definition) is 5. The van der Waals surface area contributed by atoms with Crippen LogP contribution >= 0.6 is 0 Å². The fraction of sp³-hybridized carbons (Fsp3) is 0.154. The van der Waals surface area contributed by atoms with Crippen molar-refractivity contribution in [2.24, 2.45) is 0 Å². The topological polar surface area (TPSA) is 65.5 Å². The van der Waals surface area contributed by atoms with Gasteiger partial charge in [0.25, 0.3) is 0 Å². The van der Waals surface area contributed by atoms with Crippen LogP contribution in [0.15, 0.2) is 24.4 Å². The van der Waals surface area contributed by atoms with Gasteiger partial charge in [0.05, 0.1) is 19.7 Å². The minimum absolute atomic E-state index is 0.232. The van der Waals surface area contributed by atoms with E-state index in [4.69, 9.17) is 4.74 Å². The van der Waals surface area contributed by atoms with E-state index < -0.39 is 5.97 Å². The first-order chi connectivity index (χ1) is 8.71. The number of esters is 1. The maximum absolute atomic E-state index is 11.6. The number of carbonyl (C=O) groups is 2. The summed E-state index contributed by atoms with van der Waals surface area (Å²) in [6.45, 7) is 0. The first-order valence-electron chi connectivity index (χ1n) is 5.21. The van der Waals surface area contributed by atoms with Crippen molar-refractivity contribution in [2.45, 2.75) is 0 Å². The molecule has 0 saturated carbocycles. The predicted octanol–water partition coefficient (Wildman–Crippen LogP) is 1.84. The maximum Gasteiger partial charge on any atom is 0.343 e. The highest BCUT2D eigenvalue weighted by Crippen LogP contribution is 2.29. The quantitative estimate of drug-likeness (QED) is 0.609. The molecule has 0 aliphatic rings. The number of carbonyl (C=O) groups excluding carboxylic acids is 2. The zero-order valence-corrected chi connectivity index (χ0v) is 9.97. The molecule has 1 aromatic heterocycles. The van der Waals surface area contributed by atoms with Crippen LogP contribution in [-0.4, -0.2) is 31.5 Å². The smallest absolute Gasteiger partial charge is 0.343 e. The molecule has 0 aliphatic heterocycles. The highest BCUT2D eigenvalue weighted by Gasteiger charge is 2.16. The number of aldehydes is 1. The molecule has 0 amide bonds. The Balaban J connectivity index is 2.76. The molecule has 0 fully saturated rings. The lowest BCUT2D eigenvalue weighted by molar-refractivity contribution is 0.0597. The Bertz CT molecular complexity index is 622. The van der Waals surface area contributed by atoms with E-state index >= 15 is 0 Å². The summed E-state index contributed by atoms with van der Waals surface area (Å²) in [5, 5.41) is 0.602. The van der Waals surface area contributed by atoms with Crippen LogP contribution < -0.4 is 4.74 Å². The van der Waals surface area contributed by atoms with Gasteiger partial charge in [0.2, 0.25) is 0 Å². The summed E-state index contributed by atoms with van der Waals surface area (Å²) in [6, 6.07) is 4.98. The third-order valence-corrected chi connectivity index (χ3v) is 2.59. The van der Waals surface area contributed by atoms with Gasteiger partial charge in [-0.1, -0.05) is 0 Å². The number of aromatic nitrogens is 1. The molecule has 2 rings (SSSR count). The van der Waals surface area contributed by atoms with Gasteiger partial charge in [-0.2, -0.15) is 0 Å². The van der Waals surface area contributed by atoms with E-state index in [1.165, 1.54) is 20.4 Å². The molecule has 92 valence electrons. The predicted molar refractivity (Wildman–Crippen MR) is 65.0 cm³/mol. The van der Waals surface area contributed by atoms with Crippen molar-refractivity contribution in [1.82, 2.24) is 4.98 Å². The monoisotopic (exact) mass is 245 g/mol. The molecular weight excluding hydrogens is 234 g/mol. The Morgan fingerprint density at radius 1 is 1.33 bits per heavy atom. The fourth-order valence-corrected chi connectivity index (χ4v) is 1.73. The van der Waals surface area contributed by atoms with Crippen molar-refractivity contribution in [3.63, 3.8) is 0 Å². The molecule has 5 nitrogen and oxygen atoms in total. The van der Waals surface area contributed by atoms with Gasteiger partial charge in [-0.05, 0) is 18.2 Å². The van der Waals surface area contributed by atoms with Crippen molar-refractivity contribution in [3.05, 3.63) is 35.5 Å². The summed E-state index contributed by atoms with van der Waals surface area (Å²) in [6.07, 6.45) is 2.12. The molecule has 18 heavy (non-hydrogen) atoms. The normalized spacial score (nSPS) is 10.1. The van der Waals surface area contributed by atoms with E-state index in [2.05, 4.69) is 9.72 Å². The minimum Gasteiger partial charge on any atom is -0.495 e. The Hall–Kier alpha value is -2.43. The van der Waals surface area contributed by atoms with Gasteiger partial charge >= 0.3 is 5.97 Å². The molecular formula is C13H11NO4. The Kier molecular flexibility index (Phi) is 3.23. The lowest BCUT2D eigenvalue weighted by Gasteiger charge is -2.09. The maximum atomic E-state index is 11.6. The van der Waals surface area contributed by atoms with Crippen molar-refractivity contribution in [1.29, 1.82) is 0 Å². The Morgan fingerprint density at radius 3 is 2.72 bits per heavy atom. The molecule has 0 spiro atoms. The van der Waals surface area contributed by atoms with Gasteiger partial charge in [-0.25, -0.2) is 4.79 Å². The summed E-state index contributed by atoms with van der Waals surface area (Å²) in [7, 11) is 2.74.